The van der Waals surface area contributed by atoms with Crippen LogP contribution in [0.4, 0.5) is 13.2 Å². The van der Waals surface area contributed by atoms with Crippen LogP contribution in [-0.4, -0.2) is 27.0 Å². The van der Waals surface area contributed by atoms with Gasteiger partial charge in [0.2, 0.25) is 0 Å². The van der Waals surface area contributed by atoms with Crippen molar-refractivity contribution in [1.29, 1.82) is 0 Å². The average molecular weight is 210 g/mol. The largest absolute Gasteiger partial charge is 0.477 e. The first-order valence-electron chi connectivity index (χ1n) is 3.39. The summed E-state index contributed by atoms with van der Waals surface area (Å²) in [4.78, 5) is 21.2. The van der Waals surface area contributed by atoms with E-state index >= 15 is 0 Å². The molecule has 1 aromatic rings. The fourth-order valence-electron chi connectivity index (χ4n) is 0.858. The quantitative estimate of drug-likeness (QED) is 0.743. The van der Waals surface area contributed by atoms with E-state index in [1.807, 2.05) is 5.10 Å². The van der Waals surface area contributed by atoms with E-state index in [2.05, 4.69) is 0 Å². The first-order valence-corrected chi connectivity index (χ1v) is 3.39. The number of aromatic carboxylic acids is 1. The zero-order chi connectivity index (χ0) is 10.9. The molecule has 0 aliphatic rings. The molecule has 0 saturated carbocycles. The molecule has 8 heteroatoms. The van der Waals surface area contributed by atoms with Crippen LogP contribution in [0.2, 0.25) is 0 Å². The van der Waals surface area contributed by atoms with Crippen molar-refractivity contribution in [3.63, 3.8) is 0 Å². The summed E-state index contributed by atoms with van der Waals surface area (Å²) in [7, 11) is 0. The molecule has 0 spiro atoms. The zero-order valence-corrected chi connectivity index (χ0v) is 6.63. The van der Waals surface area contributed by atoms with Gasteiger partial charge >= 0.3 is 12.1 Å². The van der Waals surface area contributed by atoms with Crippen molar-refractivity contribution < 1.29 is 23.1 Å². The number of aromatic amines is 1. The van der Waals surface area contributed by atoms with Crippen molar-refractivity contribution in [2.24, 2.45) is 0 Å². The minimum Gasteiger partial charge on any atom is -0.477 e. The molecule has 1 aromatic heterocycles. The Morgan fingerprint density at radius 1 is 1.57 bits per heavy atom. The first-order chi connectivity index (χ1) is 6.31. The third kappa shape index (κ3) is 2.15. The van der Waals surface area contributed by atoms with Crippen LogP contribution in [0.25, 0.3) is 0 Å². The van der Waals surface area contributed by atoms with E-state index in [-0.39, 0.29) is 4.68 Å². The van der Waals surface area contributed by atoms with Gasteiger partial charge in [-0.3, -0.25) is 4.79 Å². The number of rotatable bonds is 2. The predicted molar refractivity (Wildman–Crippen MR) is 38.1 cm³/mol. The molecule has 1 rings (SSSR count). The van der Waals surface area contributed by atoms with E-state index in [0.717, 1.165) is 6.20 Å². The highest BCUT2D eigenvalue weighted by Crippen LogP contribution is 2.15. The number of aromatic nitrogens is 2. The standard InChI is InChI=1S/C6H5F3N2O3/c7-6(8,9)2-11-4(12)3(1-10-11)5(13)14/h1,10H,2H2,(H,13,14). The SMILES string of the molecule is O=C(O)c1c[nH]n(CC(F)(F)F)c1=O. The maximum atomic E-state index is 11.8. The predicted octanol–water partition coefficient (Wildman–Crippen LogP) is 0.437. The van der Waals surface area contributed by atoms with Gasteiger partial charge in [-0.1, -0.05) is 0 Å². The topological polar surface area (TPSA) is 75.1 Å². The van der Waals surface area contributed by atoms with Gasteiger partial charge in [-0.2, -0.15) is 13.2 Å². The van der Waals surface area contributed by atoms with Gasteiger partial charge in [-0.05, 0) is 0 Å². The Morgan fingerprint density at radius 2 is 2.14 bits per heavy atom. The van der Waals surface area contributed by atoms with Crippen LogP contribution in [0.5, 0.6) is 0 Å². The highest BCUT2D eigenvalue weighted by Gasteiger charge is 2.30. The van der Waals surface area contributed by atoms with Crippen molar-refractivity contribution in [3.05, 3.63) is 22.1 Å². The lowest BCUT2D eigenvalue weighted by molar-refractivity contribution is -0.143. The number of nitrogens with one attached hydrogen (secondary N) is 1. The molecular weight excluding hydrogens is 205 g/mol. The fraction of sp³-hybridized carbons (Fsp3) is 0.333. The number of alkyl halides is 3. The number of nitrogens with zero attached hydrogens (tertiary/aromatic N) is 1. The number of halogens is 3. The Kier molecular flexibility index (Phi) is 2.37. The summed E-state index contributed by atoms with van der Waals surface area (Å²) in [5, 5.41) is 10.3. The molecule has 0 aromatic carbocycles. The molecule has 0 aliphatic carbocycles. The molecule has 2 N–H and O–H groups in total. The Labute approximate surface area is 74.7 Å². The maximum absolute atomic E-state index is 11.8. The van der Waals surface area contributed by atoms with Crippen molar-refractivity contribution in [3.8, 4) is 0 Å². The van der Waals surface area contributed by atoms with Gasteiger partial charge in [0.25, 0.3) is 5.56 Å². The van der Waals surface area contributed by atoms with Crippen LogP contribution >= 0.6 is 0 Å². The monoisotopic (exact) mass is 210 g/mol. The number of carboxylic acids is 1. The summed E-state index contributed by atoms with van der Waals surface area (Å²) >= 11 is 0. The van der Waals surface area contributed by atoms with Gasteiger partial charge < -0.3 is 10.2 Å². The molecule has 0 fully saturated rings. The lowest BCUT2D eigenvalue weighted by Gasteiger charge is -2.04. The molecule has 5 nitrogen and oxygen atoms in total. The number of hydrogen-bond acceptors (Lipinski definition) is 2. The summed E-state index contributed by atoms with van der Waals surface area (Å²) in [6, 6.07) is 0. The van der Waals surface area contributed by atoms with Crippen LogP contribution < -0.4 is 5.56 Å². The summed E-state index contributed by atoms with van der Waals surface area (Å²) in [5.74, 6) is -1.56. The van der Waals surface area contributed by atoms with Crippen LogP contribution in [0.1, 0.15) is 10.4 Å². The van der Waals surface area contributed by atoms with E-state index in [9.17, 15) is 22.8 Å². The Morgan fingerprint density at radius 3 is 2.50 bits per heavy atom. The molecule has 78 valence electrons. The fourth-order valence-corrected chi connectivity index (χ4v) is 0.858. The molecule has 0 saturated heterocycles. The normalized spacial score (nSPS) is 11.6. The molecule has 0 unspecified atom stereocenters. The van der Waals surface area contributed by atoms with Crippen molar-refractivity contribution in [2.75, 3.05) is 0 Å². The second-order valence-electron chi connectivity index (χ2n) is 2.50. The smallest absolute Gasteiger partial charge is 0.408 e. The minimum atomic E-state index is -4.57. The van der Waals surface area contributed by atoms with Crippen molar-refractivity contribution in [1.82, 2.24) is 9.78 Å². The van der Waals surface area contributed by atoms with Gasteiger partial charge in [0.1, 0.15) is 12.1 Å². The minimum absolute atomic E-state index is 0.184. The van der Waals surface area contributed by atoms with E-state index in [1.54, 1.807) is 0 Å². The molecule has 0 aliphatic heterocycles. The molecular formula is C6H5F3N2O3. The lowest BCUT2D eigenvalue weighted by atomic mass is 10.4. The second-order valence-corrected chi connectivity index (χ2v) is 2.50. The van der Waals surface area contributed by atoms with Gasteiger partial charge in [0, 0.05) is 6.20 Å². The molecule has 0 bridgehead atoms. The molecule has 0 radical (unpaired) electrons. The van der Waals surface area contributed by atoms with E-state index < -0.39 is 29.8 Å². The van der Waals surface area contributed by atoms with E-state index in [1.165, 1.54) is 0 Å². The highest BCUT2D eigenvalue weighted by molar-refractivity contribution is 5.86. The summed E-state index contributed by atoms with van der Waals surface area (Å²) in [6.45, 7) is -1.53. The Bertz CT molecular complexity index is 403. The third-order valence-electron chi connectivity index (χ3n) is 1.41. The summed E-state index contributed by atoms with van der Waals surface area (Å²) in [5.41, 5.74) is -1.91. The lowest BCUT2D eigenvalue weighted by Crippen LogP contribution is -2.28. The van der Waals surface area contributed by atoms with Gasteiger partial charge in [-0.25, -0.2) is 9.48 Å². The van der Waals surface area contributed by atoms with Crippen LogP contribution in [0.15, 0.2) is 11.0 Å². The van der Waals surface area contributed by atoms with Gasteiger partial charge in [0.05, 0.1) is 0 Å². The van der Waals surface area contributed by atoms with E-state index in [0.29, 0.717) is 0 Å². The second kappa shape index (κ2) is 3.20. The Hall–Kier alpha value is -1.73. The van der Waals surface area contributed by atoms with Crippen molar-refractivity contribution >= 4 is 5.97 Å². The molecule has 0 amide bonds. The number of carbonyl (C=O) groups is 1. The third-order valence-corrected chi connectivity index (χ3v) is 1.41. The van der Waals surface area contributed by atoms with Crippen LogP contribution in [0.3, 0.4) is 0 Å². The van der Waals surface area contributed by atoms with Crippen molar-refractivity contribution in [2.45, 2.75) is 12.7 Å². The average Bonchev–Trinajstić information content (AvgIpc) is 2.29. The van der Waals surface area contributed by atoms with Crippen LogP contribution in [0, 0.1) is 0 Å². The van der Waals surface area contributed by atoms with E-state index in [4.69, 9.17) is 5.11 Å². The van der Waals surface area contributed by atoms with Gasteiger partial charge in [0.15, 0.2) is 0 Å². The van der Waals surface area contributed by atoms with Crippen LogP contribution in [-0.2, 0) is 6.54 Å². The Balaban J connectivity index is 3.03. The number of carboxylic acid groups (broad SMARTS) is 1. The number of hydrogen-bond donors (Lipinski definition) is 2. The maximum Gasteiger partial charge on any atom is 0.408 e. The van der Waals surface area contributed by atoms with Gasteiger partial charge in [-0.15, -0.1) is 0 Å². The first kappa shape index (κ1) is 10.4. The number of H-pyrrole nitrogens is 1. The summed E-state index contributed by atoms with van der Waals surface area (Å²) < 4.78 is 35.6. The zero-order valence-electron chi connectivity index (χ0n) is 6.63. The highest BCUT2D eigenvalue weighted by atomic mass is 19.4. The molecule has 1 heterocycles. The molecule has 14 heavy (non-hydrogen) atoms. The molecule has 0 atom stereocenters. The summed E-state index contributed by atoms with van der Waals surface area (Å²) in [6.07, 6.45) is -3.85.